The first-order chi connectivity index (χ1) is 9.04. The van der Waals surface area contributed by atoms with Gasteiger partial charge in [-0.05, 0) is 25.2 Å². The van der Waals surface area contributed by atoms with Crippen LogP contribution in [0.1, 0.15) is 25.7 Å². The maximum absolute atomic E-state index is 12.3. The average Bonchev–Trinajstić information content (AvgIpc) is 2.80. The lowest BCUT2D eigenvalue weighted by Crippen LogP contribution is -2.34. The van der Waals surface area contributed by atoms with Crippen molar-refractivity contribution >= 4 is 21.6 Å². The Morgan fingerprint density at radius 1 is 1.53 bits per heavy atom. The SMILES string of the molecule is CN(CC1CCC1)S(=O)(=O)c1cnn(CCCCl)c1. The normalized spacial score (nSPS) is 16.8. The van der Waals surface area contributed by atoms with Gasteiger partial charge >= 0.3 is 0 Å². The Morgan fingerprint density at radius 2 is 2.26 bits per heavy atom. The molecule has 0 unspecified atom stereocenters. The highest BCUT2D eigenvalue weighted by atomic mass is 35.5. The van der Waals surface area contributed by atoms with E-state index in [0.717, 1.165) is 19.3 Å². The average molecular weight is 306 g/mol. The number of hydrogen-bond acceptors (Lipinski definition) is 3. The van der Waals surface area contributed by atoms with Gasteiger partial charge in [-0.2, -0.15) is 5.10 Å². The third-order valence-corrected chi connectivity index (χ3v) is 5.62. The molecule has 1 aliphatic rings. The van der Waals surface area contributed by atoms with Gasteiger partial charge in [0.2, 0.25) is 10.0 Å². The molecule has 2 rings (SSSR count). The molecule has 0 saturated heterocycles. The number of aromatic nitrogens is 2. The molecular formula is C12H20ClN3O2S. The largest absolute Gasteiger partial charge is 0.271 e. The Morgan fingerprint density at radius 3 is 2.84 bits per heavy atom. The third kappa shape index (κ3) is 3.49. The van der Waals surface area contributed by atoms with Gasteiger partial charge in [-0.25, -0.2) is 12.7 Å². The monoisotopic (exact) mass is 305 g/mol. The molecule has 0 aromatic carbocycles. The summed E-state index contributed by atoms with van der Waals surface area (Å²) in [5, 5.41) is 4.07. The van der Waals surface area contributed by atoms with Crippen LogP contribution in [0.15, 0.2) is 17.3 Å². The van der Waals surface area contributed by atoms with E-state index in [9.17, 15) is 8.42 Å². The number of halogens is 1. The predicted molar refractivity (Wildman–Crippen MR) is 74.7 cm³/mol. The molecule has 0 atom stereocenters. The van der Waals surface area contributed by atoms with Crippen molar-refractivity contribution in [1.82, 2.24) is 14.1 Å². The van der Waals surface area contributed by atoms with E-state index in [1.807, 2.05) is 0 Å². The second-order valence-electron chi connectivity index (χ2n) is 5.06. The lowest BCUT2D eigenvalue weighted by atomic mass is 9.86. The fraction of sp³-hybridized carbons (Fsp3) is 0.750. The van der Waals surface area contributed by atoms with Gasteiger partial charge in [0.05, 0.1) is 6.20 Å². The molecule has 7 heteroatoms. The number of aryl methyl sites for hydroxylation is 1. The van der Waals surface area contributed by atoms with Crippen molar-refractivity contribution in [1.29, 1.82) is 0 Å². The van der Waals surface area contributed by atoms with E-state index < -0.39 is 10.0 Å². The van der Waals surface area contributed by atoms with Crippen molar-refractivity contribution in [3.8, 4) is 0 Å². The van der Waals surface area contributed by atoms with Crippen LogP contribution < -0.4 is 0 Å². The standard InChI is InChI=1S/C12H20ClN3O2S/c1-15(9-11-4-2-5-11)19(17,18)12-8-14-16(10-12)7-3-6-13/h8,10-11H,2-7,9H2,1H3. The van der Waals surface area contributed by atoms with Crippen LogP contribution in [0.3, 0.4) is 0 Å². The third-order valence-electron chi connectivity index (χ3n) is 3.58. The van der Waals surface area contributed by atoms with Crippen molar-refractivity contribution in [2.24, 2.45) is 5.92 Å². The van der Waals surface area contributed by atoms with E-state index in [2.05, 4.69) is 5.10 Å². The summed E-state index contributed by atoms with van der Waals surface area (Å²) in [4.78, 5) is 0.267. The van der Waals surface area contributed by atoms with Crippen LogP contribution >= 0.6 is 11.6 Å². The maximum atomic E-state index is 12.3. The zero-order valence-corrected chi connectivity index (χ0v) is 12.7. The minimum atomic E-state index is -3.40. The molecule has 1 aromatic rings. The number of nitrogens with zero attached hydrogens (tertiary/aromatic N) is 3. The van der Waals surface area contributed by atoms with Crippen molar-refractivity contribution < 1.29 is 8.42 Å². The van der Waals surface area contributed by atoms with Crippen molar-refractivity contribution in [2.75, 3.05) is 19.5 Å². The quantitative estimate of drug-likeness (QED) is 0.723. The molecule has 0 bridgehead atoms. The zero-order chi connectivity index (χ0) is 13.9. The van der Waals surface area contributed by atoms with Crippen LogP contribution in [-0.2, 0) is 16.6 Å². The molecule has 0 N–H and O–H groups in total. The molecule has 108 valence electrons. The lowest BCUT2D eigenvalue weighted by molar-refractivity contribution is 0.263. The van der Waals surface area contributed by atoms with Crippen molar-refractivity contribution in [3.05, 3.63) is 12.4 Å². The first kappa shape index (κ1) is 14.8. The fourth-order valence-electron chi connectivity index (χ4n) is 2.14. The van der Waals surface area contributed by atoms with Gasteiger partial charge in [0, 0.05) is 32.2 Å². The summed E-state index contributed by atoms with van der Waals surface area (Å²) in [6.07, 6.45) is 7.26. The van der Waals surface area contributed by atoms with Crippen molar-refractivity contribution in [2.45, 2.75) is 37.1 Å². The molecule has 1 aliphatic carbocycles. The highest BCUT2D eigenvalue weighted by Crippen LogP contribution is 2.28. The highest BCUT2D eigenvalue weighted by molar-refractivity contribution is 7.89. The highest BCUT2D eigenvalue weighted by Gasteiger charge is 2.27. The number of hydrogen-bond donors (Lipinski definition) is 0. The van der Waals surface area contributed by atoms with E-state index in [0.29, 0.717) is 24.9 Å². The topological polar surface area (TPSA) is 55.2 Å². The van der Waals surface area contributed by atoms with Crippen LogP contribution in [0.25, 0.3) is 0 Å². The number of sulfonamides is 1. The summed E-state index contributed by atoms with van der Waals surface area (Å²) in [5.74, 6) is 1.06. The summed E-state index contributed by atoms with van der Waals surface area (Å²) in [6.45, 7) is 1.25. The molecule has 1 aromatic heterocycles. The fourth-order valence-corrected chi connectivity index (χ4v) is 3.46. The molecule has 0 spiro atoms. The van der Waals surface area contributed by atoms with Gasteiger partial charge in [0.1, 0.15) is 4.90 Å². The van der Waals surface area contributed by atoms with Crippen LogP contribution in [0.4, 0.5) is 0 Å². The first-order valence-corrected chi connectivity index (χ1v) is 8.56. The van der Waals surface area contributed by atoms with Gasteiger partial charge in [0.15, 0.2) is 0 Å². The van der Waals surface area contributed by atoms with E-state index in [1.54, 1.807) is 17.9 Å². The molecule has 1 fully saturated rings. The van der Waals surface area contributed by atoms with Gasteiger partial charge in [0.25, 0.3) is 0 Å². The molecule has 5 nitrogen and oxygen atoms in total. The minimum absolute atomic E-state index is 0.267. The zero-order valence-electron chi connectivity index (χ0n) is 11.1. The molecule has 19 heavy (non-hydrogen) atoms. The van der Waals surface area contributed by atoms with Crippen LogP contribution in [-0.4, -0.2) is 42.0 Å². The van der Waals surface area contributed by atoms with Crippen LogP contribution in [0.2, 0.25) is 0 Å². The number of alkyl halides is 1. The second-order valence-corrected chi connectivity index (χ2v) is 7.49. The Balaban J connectivity index is 2.02. The smallest absolute Gasteiger partial charge is 0.245 e. The van der Waals surface area contributed by atoms with Gasteiger partial charge < -0.3 is 0 Å². The minimum Gasteiger partial charge on any atom is -0.271 e. The van der Waals surface area contributed by atoms with Crippen LogP contribution in [0, 0.1) is 5.92 Å². The molecule has 0 aliphatic heterocycles. The summed E-state index contributed by atoms with van der Waals surface area (Å²) >= 11 is 5.61. The maximum Gasteiger partial charge on any atom is 0.245 e. The molecule has 0 amide bonds. The van der Waals surface area contributed by atoms with E-state index in [1.165, 1.54) is 16.9 Å². The Bertz CT molecular complexity index is 511. The predicted octanol–water partition coefficient (Wildman–Crippen LogP) is 1.93. The molecular weight excluding hydrogens is 286 g/mol. The first-order valence-electron chi connectivity index (χ1n) is 6.59. The summed E-state index contributed by atoms with van der Waals surface area (Å²) < 4.78 is 27.8. The van der Waals surface area contributed by atoms with Crippen LogP contribution in [0.5, 0.6) is 0 Å². The summed E-state index contributed by atoms with van der Waals surface area (Å²) in [6, 6.07) is 0. The molecule has 1 saturated carbocycles. The Kier molecular flexibility index (Phi) is 4.86. The molecule has 0 radical (unpaired) electrons. The second kappa shape index (κ2) is 6.24. The Hall–Kier alpha value is -0.590. The van der Waals surface area contributed by atoms with E-state index in [4.69, 9.17) is 11.6 Å². The van der Waals surface area contributed by atoms with Gasteiger partial charge in [-0.3, -0.25) is 4.68 Å². The Labute approximate surface area is 119 Å². The van der Waals surface area contributed by atoms with Gasteiger partial charge in [-0.15, -0.1) is 11.6 Å². The summed E-state index contributed by atoms with van der Waals surface area (Å²) in [5.41, 5.74) is 0. The molecule has 1 heterocycles. The summed E-state index contributed by atoms with van der Waals surface area (Å²) in [7, 11) is -1.75. The lowest BCUT2D eigenvalue weighted by Gasteiger charge is -2.29. The van der Waals surface area contributed by atoms with Crippen molar-refractivity contribution in [3.63, 3.8) is 0 Å². The number of rotatable bonds is 7. The van der Waals surface area contributed by atoms with E-state index >= 15 is 0 Å². The van der Waals surface area contributed by atoms with E-state index in [-0.39, 0.29) is 4.90 Å². The van der Waals surface area contributed by atoms with Gasteiger partial charge in [-0.1, -0.05) is 6.42 Å².